The molecule has 41 heavy (non-hydrogen) atoms. The number of nitrogens with one attached hydrogen (secondary N) is 1. The van der Waals surface area contributed by atoms with Crippen molar-refractivity contribution in [3.05, 3.63) is 111 Å². The number of hydrogen-bond acceptors (Lipinski definition) is 10. The molecule has 2 aliphatic heterocycles. The molecule has 0 radical (unpaired) electrons. The fourth-order valence-corrected chi connectivity index (χ4v) is 5.72. The van der Waals surface area contributed by atoms with Gasteiger partial charge in [-0.15, -0.1) is 0 Å². The lowest BCUT2D eigenvalue weighted by molar-refractivity contribution is -0.385. The summed E-state index contributed by atoms with van der Waals surface area (Å²) in [5.41, 5.74) is -1.24. The van der Waals surface area contributed by atoms with E-state index in [1.807, 2.05) is 0 Å². The van der Waals surface area contributed by atoms with Crippen molar-refractivity contribution < 1.29 is 42.6 Å². The zero-order valence-electron chi connectivity index (χ0n) is 20.9. The second kappa shape index (κ2) is 8.79. The molecule has 0 aliphatic carbocycles. The Morgan fingerprint density at radius 2 is 1.51 bits per heavy atom. The van der Waals surface area contributed by atoms with Crippen LogP contribution in [0.1, 0.15) is 37.4 Å². The Morgan fingerprint density at radius 3 is 2.10 bits per heavy atom. The Morgan fingerprint density at radius 1 is 0.902 bits per heavy atom. The lowest BCUT2D eigenvalue weighted by Crippen LogP contribution is -2.32. The molecule has 4 aromatic rings. The van der Waals surface area contributed by atoms with Crippen LogP contribution in [0, 0.1) is 10.1 Å². The van der Waals surface area contributed by atoms with Crippen molar-refractivity contribution in [2.24, 2.45) is 0 Å². The molecule has 1 amide bonds. The molecule has 0 fully saturated rings. The van der Waals surface area contributed by atoms with Crippen LogP contribution < -0.4 is 10.1 Å². The number of amides is 1. The summed E-state index contributed by atoms with van der Waals surface area (Å²) in [7, 11) is -3.76. The molecular weight excluding hydrogens is 556 g/mol. The number of nitro groups is 1. The minimum absolute atomic E-state index is 0.0714. The first kappa shape index (κ1) is 25.8. The number of hydrogen-bond donors (Lipinski definition) is 3. The third-order valence-electron chi connectivity index (χ3n) is 6.87. The maximum atomic E-state index is 13.3. The van der Waals surface area contributed by atoms with Crippen LogP contribution in [-0.4, -0.2) is 41.7 Å². The van der Waals surface area contributed by atoms with Crippen molar-refractivity contribution in [1.82, 2.24) is 0 Å². The van der Waals surface area contributed by atoms with Gasteiger partial charge in [0, 0.05) is 46.8 Å². The van der Waals surface area contributed by atoms with Gasteiger partial charge in [-0.05, 0) is 48.5 Å². The maximum absolute atomic E-state index is 13.3. The lowest BCUT2D eigenvalue weighted by Gasteiger charge is -2.36. The van der Waals surface area contributed by atoms with Crippen molar-refractivity contribution in [2.45, 2.75) is 10.5 Å². The standard InChI is InChI=1S/C28H18N2O10S/c1-41(37,38)17-5-9-23(30(35)36)19(13-17)26(33)29-14-2-6-20-18(10-14)27(34)40-28(20)21-7-3-15(31)11-24(21)39-25-12-16(32)4-8-22(25)28/h2-13,31-32H,1H3,(H,29,33). The average Bonchev–Trinajstić information content (AvgIpc) is 3.19. The van der Waals surface area contributed by atoms with E-state index < -0.39 is 43.5 Å². The zero-order valence-corrected chi connectivity index (χ0v) is 21.8. The van der Waals surface area contributed by atoms with Crippen LogP contribution in [0.5, 0.6) is 23.0 Å². The Balaban J connectivity index is 1.45. The highest BCUT2D eigenvalue weighted by Gasteiger charge is 2.53. The largest absolute Gasteiger partial charge is 0.508 e. The lowest BCUT2D eigenvalue weighted by atomic mass is 9.77. The Labute approximate surface area is 231 Å². The summed E-state index contributed by atoms with van der Waals surface area (Å²) in [6.07, 6.45) is 0.910. The summed E-state index contributed by atoms with van der Waals surface area (Å²) in [4.78, 5) is 36.8. The van der Waals surface area contributed by atoms with Gasteiger partial charge in [-0.25, -0.2) is 13.2 Å². The van der Waals surface area contributed by atoms with E-state index in [4.69, 9.17) is 9.47 Å². The number of phenols is 2. The number of nitro benzene ring substituents is 1. The smallest absolute Gasteiger partial charge is 0.340 e. The summed E-state index contributed by atoms with van der Waals surface area (Å²) in [6.45, 7) is 0. The third kappa shape index (κ3) is 4.02. The highest BCUT2D eigenvalue weighted by atomic mass is 32.2. The number of fused-ring (bicyclic) bond motifs is 6. The molecule has 12 nitrogen and oxygen atoms in total. The first-order valence-electron chi connectivity index (χ1n) is 11.9. The number of anilines is 1. The number of rotatable bonds is 4. The van der Waals surface area contributed by atoms with Crippen LogP contribution in [0.4, 0.5) is 11.4 Å². The van der Waals surface area contributed by atoms with Gasteiger partial charge in [0.15, 0.2) is 15.4 Å². The first-order valence-corrected chi connectivity index (χ1v) is 13.8. The molecule has 0 atom stereocenters. The molecule has 0 bridgehead atoms. The van der Waals surface area contributed by atoms with Crippen LogP contribution in [0.25, 0.3) is 0 Å². The van der Waals surface area contributed by atoms with E-state index in [0.717, 1.165) is 24.5 Å². The Hall–Kier alpha value is -5.43. The molecule has 0 unspecified atom stereocenters. The molecular formula is C28H18N2O10S. The number of carbonyl (C=O) groups is 2. The number of aromatic hydroxyl groups is 2. The summed E-state index contributed by atoms with van der Waals surface area (Å²) in [5.74, 6) is -1.52. The topological polar surface area (TPSA) is 182 Å². The van der Waals surface area contributed by atoms with Crippen molar-refractivity contribution in [1.29, 1.82) is 0 Å². The van der Waals surface area contributed by atoms with E-state index in [1.54, 1.807) is 12.1 Å². The normalized spacial score (nSPS) is 14.3. The molecule has 4 aromatic carbocycles. The van der Waals surface area contributed by atoms with Gasteiger partial charge in [0.25, 0.3) is 11.6 Å². The fraction of sp³-hybridized carbons (Fsp3) is 0.0714. The van der Waals surface area contributed by atoms with Gasteiger partial charge >= 0.3 is 5.97 Å². The number of sulfone groups is 1. The van der Waals surface area contributed by atoms with Crippen LogP contribution >= 0.6 is 0 Å². The summed E-state index contributed by atoms with van der Waals surface area (Å²) >= 11 is 0. The molecule has 3 N–H and O–H groups in total. The number of ether oxygens (including phenoxy) is 2. The molecule has 0 aromatic heterocycles. The number of benzene rings is 4. The molecule has 0 saturated carbocycles. The van der Waals surface area contributed by atoms with Gasteiger partial charge in [-0.3, -0.25) is 14.9 Å². The average molecular weight is 575 g/mol. The maximum Gasteiger partial charge on any atom is 0.340 e. The minimum Gasteiger partial charge on any atom is -0.508 e. The van der Waals surface area contributed by atoms with Crippen molar-refractivity contribution in [3.63, 3.8) is 0 Å². The van der Waals surface area contributed by atoms with Gasteiger partial charge in [0.1, 0.15) is 28.6 Å². The summed E-state index contributed by atoms with van der Waals surface area (Å²) in [5, 5.41) is 34.1. The molecule has 6 rings (SSSR count). The molecule has 206 valence electrons. The second-order valence-corrected chi connectivity index (χ2v) is 11.5. The highest BCUT2D eigenvalue weighted by Crippen LogP contribution is 2.57. The van der Waals surface area contributed by atoms with Crippen LogP contribution in [-0.2, 0) is 20.2 Å². The van der Waals surface area contributed by atoms with E-state index in [-0.39, 0.29) is 39.1 Å². The van der Waals surface area contributed by atoms with Crippen LogP contribution in [0.3, 0.4) is 0 Å². The van der Waals surface area contributed by atoms with E-state index in [2.05, 4.69) is 5.32 Å². The summed E-state index contributed by atoms with van der Waals surface area (Å²) in [6, 6.07) is 15.8. The van der Waals surface area contributed by atoms with Gasteiger partial charge in [-0.2, -0.15) is 0 Å². The van der Waals surface area contributed by atoms with E-state index >= 15 is 0 Å². The first-order chi connectivity index (χ1) is 19.4. The van der Waals surface area contributed by atoms with Crippen molar-refractivity contribution in [3.8, 4) is 23.0 Å². The van der Waals surface area contributed by atoms with Crippen molar-refractivity contribution in [2.75, 3.05) is 11.6 Å². The summed E-state index contributed by atoms with van der Waals surface area (Å²) < 4.78 is 35.9. The van der Waals surface area contributed by atoms with Gasteiger partial charge < -0.3 is 25.0 Å². The van der Waals surface area contributed by atoms with Crippen LogP contribution in [0.2, 0.25) is 0 Å². The van der Waals surface area contributed by atoms with E-state index in [1.165, 1.54) is 42.5 Å². The second-order valence-electron chi connectivity index (χ2n) is 9.46. The Kier molecular flexibility index (Phi) is 5.54. The molecule has 2 heterocycles. The highest BCUT2D eigenvalue weighted by molar-refractivity contribution is 7.90. The van der Waals surface area contributed by atoms with Crippen molar-refractivity contribution >= 4 is 33.1 Å². The van der Waals surface area contributed by atoms with E-state index in [0.29, 0.717) is 16.7 Å². The third-order valence-corrected chi connectivity index (χ3v) is 7.98. The van der Waals surface area contributed by atoms with Gasteiger partial charge in [0.05, 0.1) is 15.4 Å². The monoisotopic (exact) mass is 574 g/mol. The molecule has 13 heteroatoms. The molecule has 1 spiro atoms. The van der Waals surface area contributed by atoms with Gasteiger partial charge in [-0.1, -0.05) is 6.07 Å². The molecule has 2 aliphatic rings. The predicted octanol–water partition coefficient (Wildman–Crippen LogP) is 4.23. The SMILES string of the molecule is CS(=O)(=O)c1ccc([N+](=O)[O-])c(C(=O)Nc2ccc3c(c2)C(=O)OC32c3ccc(O)cc3Oc3cc(O)ccc32)c1. The molecule has 0 saturated heterocycles. The quantitative estimate of drug-likeness (QED) is 0.181. The Bertz CT molecular complexity index is 1900. The van der Waals surface area contributed by atoms with Crippen LogP contribution in [0.15, 0.2) is 77.7 Å². The number of esters is 1. The van der Waals surface area contributed by atoms with Gasteiger partial charge in [0.2, 0.25) is 0 Å². The predicted molar refractivity (Wildman–Crippen MR) is 142 cm³/mol. The number of carbonyl (C=O) groups excluding carboxylic acids is 2. The number of nitrogens with zero attached hydrogens (tertiary/aromatic N) is 1. The zero-order chi connectivity index (χ0) is 29.3. The minimum atomic E-state index is -3.76. The number of phenolic OH excluding ortho intramolecular Hbond substituents is 2. The fourth-order valence-electron chi connectivity index (χ4n) is 5.07. The van der Waals surface area contributed by atoms with E-state index in [9.17, 15) is 38.3 Å².